The maximum Gasteiger partial charge on any atom is 0.252 e. The van der Waals surface area contributed by atoms with Crippen molar-refractivity contribution in [1.29, 1.82) is 0 Å². The standard InChI is InChI=1S/C16H20N2O4S/c1-16(2,3)23(21,22)9-8-17-15(20)12-10-14(19)18-13-7-5-4-6-11(12)13/h4-7,10H,8-9H2,1-3H3,(H,17,20)(H,18,19). The van der Waals surface area contributed by atoms with Crippen molar-refractivity contribution >= 4 is 26.6 Å². The number of benzene rings is 1. The summed E-state index contributed by atoms with van der Waals surface area (Å²) >= 11 is 0. The van der Waals surface area contributed by atoms with Gasteiger partial charge in [-0.3, -0.25) is 9.59 Å². The van der Waals surface area contributed by atoms with E-state index in [9.17, 15) is 18.0 Å². The number of carbonyl (C=O) groups is 1. The number of rotatable bonds is 4. The number of hydrogen-bond acceptors (Lipinski definition) is 4. The van der Waals surface area contributed by atoms with Crippen molar-refractivity contribution in [2.75, 3.05) is 12.3 Å². The summed E-state index contributed by atoms with van der Waals surface area (Å²) in [5.74, 6) is -0.611. The minimum atomic E-state index is -3.31. The van der Waals surface area contributed by atoms with Crippen LogP contribution in [-0.2, 0) is 9.84 Å². The summed E-state index contributed by atoms with van der Waals surface area (Å²) in [6.45, 7) is 4.86. The molecule has 0 unspecified atom stereocenters. The van der Waals surface area contributed by atoms with E-state index in [2.05, 4.69) is 10.3 Å². The molecule has 0 bridgehead atoms. The second kappa shape index (κ2) is 6.16. The Morgan fingerprint density at radius 3 is 2.52 bits per heavy atom. The molecule has 1 aromatic carbocycles. The number of aromatic nitrogens is 1. The van der Waals surface area contributed by atoms with E-state index in [4.69, 9.17) is 0 Å². The zero-order chi connectivity index (χ0) is 17.3. The summed E-state index contributed by atoms with van der Waals surface area (Å²) in [6.07, 6.45) is 0. The Balaban J connectivity index is 2.18. The molecule has 6 nitrogen and oxygen atoms in total. The molecule has 1 heterocycles. The second-order valence-corrected chi connectivity index (χ2v) is 9.14. The van der Waals surface area contributed by atoms with Crippen LogP contribution in [0.25, 0.3) is 10.9 Å². The zero-order valence-corrected chi connectivity index (χ0v) is 14.2. The van der Waals surface area contributed by atoms with Crippen LogP contribution in [0.15, 0.2) is 35.1 Å². The Bertz CT molecular complexity index is 892. The largest absolute Gasteiger partial charge is 0.351 e. The van der Waals surface area contributed by atoms with E-state index in [0.29, 0.717) is 10.9 Å². The van der Waals surface area contributed by atoms with Gasteiger partial charge in [0.25, 0.3) is 5.91 Å². The third kappa shape index (κ3) is 3.79. The Morgan fingerprint density at radius 2 is 1.87 bits per heavy atom. The van der Waals surface area contributed by atoms with Crippen molar-refractivity contribution in [3.05, 3.63) is 46.2 Å². The van der Waals surface area contributed by atoms with E-state index in [0.717, 1.165) is 0 Å². The van der Waals surface area contributed by atoms with Crippen LogP contribution < -0.4 is 10.9 Å². The van der Waals surface area contributed by atoms with Crippen LogP contribution in [-0.4, -0.2) is 36.4 Å². The van der Waals surface area contributed by atoms with Gasteiger partial charge in [-0.25, -0.2) is 8.42 Å². The number of nitrogens with one attached hydrogen (secondary N) is 2. The lowest BCUT2D eigenvalue weighted by Gasteiger charge is -2.19. The molecule has 2 N–H and O–H groups in total. The third-order valence-electron chi connectivity index (χ3n) is 3.58. The molecule has 0 aliphatic heterocycles. The molecular formula is C16H20N2O4S. The van der Waals surface area contributed by atoms with E-state index in [1.165, 1.54) is 6.07 Å². The lowest BCUT2D eigenvalue weighted by Crippen LogP contribution is -2.36. The average Bonchev–Trinajstić information content (AvgIpc) is 2.44. The zero-order valence-electron chi connectivity index (χ0n) is 13.3. The molecule has 7 heteroatoms. The van der Waals surface area contributed by atoms with Crippen LogP contribution in [0.2, 0.25) is 0 Å². The van der Waals surface area contributed by atoms with Gasteiger partial charge in [0.1, 0.15) is 0 Å². The van der Waals surface area contributed by atoms with Crippen LogP contribution >= 0.6 is 0 Å². The van der Waals surface area contributed by atoms with Gasteiger partial charge in [0.2, 0.25) is 5.56 Å². The van der Waals surface area contributed by atoms with Crippen LogP contribution in [0.5, 0.6) is 0 Å². The van der Waals surface area contributed by atoms with E-state index in [1.807, 2.05) is 0 Å². The summed E-state index contributed by atoms with van der Waals surface area (Å²) in [6, 6.07) is 8.18. The van der Waals surface area contributed by atoms with Crippen molar-refractivity contribution in [1.82, 2.24) is 10.3 Å². The van der Waals surface area contributed by atoms with E-state index < -0.39 is 20.5 Å². The molecular weight excluding hydrogens is 316 g/mol. The Kier molecular flexibility index (Phi) is 4.61. The maximum atomic E-state index is 12.3. The van der Waals surface area contributed by atoms with Gasteiger partial charge in [0, 0.05) is 23.5 Å². The first-order valence-electron chi connectivity index (χ1n) is 7.24. The number of para-hydroxylation sites is 1. The fourth-order valence-electron chi connectivity index (χ4n) is 2.09. The highest BCUT2D eigenvalue weighted by molar-refractivity contribution is 7.92. The molecule has 0 spiro atoms. The molecule has 1 aromatic heterocycles. The number of H-pyrrole nitrogens is 1. The Labute approximate surface area is 134 Å². The van der Waals surface area contributed by atoms with Crippen LogP contribution in [0.4, 0.5) is 0 Å². The van der Waals surface area contributed by atoms with Gasteiger partial charge in [-0.2, -0.15) is 0 Å². The second-order valence-electron chi connectivity index (χ2n) is 6.28. The summed E-state index contributed by atoms with van der Waals surface area (Å²) in [5, 5.41) is 3.19. The summed E-state index contributed by atoms with van der Waals surface area (Å²) in [7, 11) is -3.31. The highest BCUT2D eigenvalue weighted by Gasteiger charge is 2.28. The Hall–Kier alpha value is -2.15. The van der Waals surface area contributed by atoms with Crippen molar-refractivity contribution in [2.24, 2.45) is 0 Å². The Morgan fingerprint density at radius 1 is 1.22 bits per heavy atom. The van der Waals surface area contributed by atoms with Crippen LogP contribution in [0, 0.1) is 0 Å². The molecule has 2 aromatic rings. The number of hydrogen-bond donors (Lipinski definition) is 2. The molecule has 124 valence electrons. The maximum absolute atomic E-state index is 12.3. The SMILES string of the molecule is CC(C)(C)S(=O)(=O)CCNC(=O)c1cc(=O)[nH]c2ccccc12. The smallest absolute Gasteiger partial charge is 0.252 e. The number of pyridine rings is 1. The quantitative estimate of drug-likeness (QED) is 0.884. The predicted molar refractivity (Wildman–Crippen MR) is 90.4 cm³/mol. The summed E-state index contributed by atoms with van der Waals surface area (Å²) in [5.41, 5.74) is 0.418. The van der Waals surface area contributed by atoms with Crippen molar-refractivity contribution in [2.45, 2.75) is 25.5 Å². The molecule has 0 atom stereocenters. The van der Waals surface area contributed by atoms with E-state index >= 15 is 0 Å². The van der Waals surface area contributed by atoms with Gasteiger partial charge in [-0.15, -0.1) is 0 Å². The highest BCUT2D eigenvalue weighted by Crippen LogP contribution is 2.16. The van der Waals surface area contributed by atoms with Crippen molar-refractivity contribution < 1.29 is 13.2 Å². The monoisotopic (exact) mass is 336 g/mol. The topological polar surface area (TPSA) is 96.1 Å². The van der Waals surface area contributed by atoms with Crippen molar-refractivity contribution in [3.8, 4) is 0 Å². The molecule has 0 radical (unpaired) electrons. The molecule has 0 fully saturated rings. The highest BCUT2D eigenvalue weighted by atomic mass is 32.2. The number of carbonyl (C=O) groups excluding carboxylic acids is 1. The van der Waals surface area contributed by atoms with Gasteiger partial charge >= 0.3 is 0 Å². The predicted octanol–water partition coefficient (Wildman–Crippen LogP) is 1.47. The van der Waals surface area contributed by atoms with Gasteiger partial charge in [-0.1, -0.05) is 18.2 Å². The molecule has 0 aliphatic carbocycles. The van der Waals surface area contributed by atoms with Gasteiger partial charge in [0.05, 0.1) is 16.1 Å². The molecule has 0 aliphatic rings. The van der Waals surface area contributed by atoms with Crippen LogP contribution in [0.3, 0.4) is 0 Å². The minimum absolute atomic E-state index is 0.000434. The fraction of sp³-hybridized carbons (Fsp3) is 0.375. The average molecular weight is 336 g/mol. The van der Waals surface area contributed by atoms with E-state index in [1.54, 1.807) is 45.0 Å². The van der Waals surface area contributed by atoms with Gasteiger partial charge < -0.3 is 10.3 Å². The summed E-state index contributed by atoms with van der Waals surface area (Å²) in [4.78, 5) is 26.6. The first-order valence-corrected chi connectivity index (χ1v) is 8.89. The number of sulfone groups is 1. The molecule has 2 rings (SSSR count). The molecule has 23 heavy (non-hydrogen) atoms. The first-order chi connectivity index (χ1) is 10.6. The third-order valence-corrected chi connectivity index (χ3v) is 6.19. The summed E-state index contributed by atoms with van der Waals surface area (Å²) < 4.78 is 23.2. The van der Waals surface area contributed by atoms with E-state index in [-0.39, 0.29) is 23.4 Å². The van der Waals surface area contributed by atoms with Crippen LogP contribution in [0.1, 0.15) is 31.1 Å². The van der Waals surface area contributed by atoms with Crippen molar-refractivity contribution in [3.63, 3.8) is 0 Å². The molecule has 0 saturated carbocycles. The normalized spacial score (nSPS) is 12.3. The lowest BCUT2D eigenvalue weighted by atomic mass is 10.1. The fourth-order valence-corrected chi connectivity index (χ4v) is 3.08. The van der Waals surface area contributed by atoms with Gasteiger partial charge in [0.15, 0.2) is 9.84 Å². The number of amides is 1. The lowest BCUT2D eigenvalue weighted by molar-refractivity contribution is 0.0957. The molecule has 0 saturated heterocycles. The number of fused-ring (bicyclic) bond motifs is 1. The number of aromatic amines is 1. The minimum Gasteiger partial charge on any atom is -0.351 e. The first kappa shape index (κ1) is 17.2. The van der Waals surface area contributed by atoms with Gasteiger partial charge in [-0.05, 0) is 26.8 Å². The molecule has 1 amide bonds.